The predicted octanol–water partition coefficient (Wildman–Crippen LogP) is 6.53. The number of amides is 1. The summed E-state index contributed by atoms with van der Waals surface area (Å²) in [6.45, 7) is -0.681. The standard InChI is InChI=1S/C33H39F5N4O4S/c1-2-47(44,45)29-13-7-24(8-14-29)30(15-16-39)41-31(43)25-5-11-27(12-6-25)42-20-23(17-28(42)21-46-32(34)35)19-40-18-22-3-9-26(10-4-22)33(36,37)38/h5-8,11-14,19,22,26,28,30,32,40H,2-4,9-10,15,17-18,20-21H2,1H3,(H,41,43)/b23-19-/t22-,26-,28-,30-/m0/s1. The minimum Gasteiger partial charge on any atom is -0.391 e. The van der Waals surface area contributed by atoms with Crippen molar-refractivity contribution in [1.29, 1.82) is 5.26 Å². The number of halogens is 5. The van der Waals surface area contributed by atoms with Crippen LogP contribution in [0.1, 0.15) is 67.4 Å². The van der Waals surface area contributed by atoms with Gasteiger partial charge in [0.1, 0.15) is 0 Å². The minimum atomic E-state index is -4.15. The van der Waals surface area contributed by atoms with Crippen molar-refractivity contribution in [2.24, 2.45) is 11.8 Å². The molecule has 2 N–H and O–H groups in total. The molecule has 14 heteroatoms. The molecule has 0 aromatic heterocycles. The first kappa shape index (κ1) is 36.1. The van der Waals surface area contributed by atoms with Gasteiger partial charge in [0.25, 0.3) is 5.91 Å². The van der Waals surface area contributed by atoms with Crippen LogP contribution in [0, 0.1) is 23.2 Å². The molecule has 2 atom stereocenters. The molecule has 256 valence electrons. The third kappa shape index (κ3) is 9.90. The number of anilines is 1. The molecule has 2 aromatic carbocycles. The van der Waals surface area contributed by atoms with Crippen molar-refractivity contribution >= 4 is 21.4 Å². The van der Waals surface area contributed by atoms with Crippen LogP contribution in [-0.2, 0) is 14.6 Å². The first-order valence-electron chi connectivity index (χ1n) is 15.6. The molecular weight excluding hydrogens is 643 g/mol. The van der Waals surface area contributed by atoms with Crippen LogP contribution in [-0.4, -0.2) is 58.6 Å². The van der Waals surface area contributed by atoms with Gasteiger partial charge in [-0.3, -0.25) is 4.79 Å². The molecule has 1 saturated heterocycles. The zero-order valence-corrected chi connectivity index (χ0v) is 26.8. The molecule has 0 spiro atoms. The maximum Gasteiger partial charge on any atom is 0.391 e. The Morgan fingerprint density at radius 3 is 2.32 bits per heavy atom. The van der Waals surface area contributed by atoms with E-state index in [4.69, 9.17) is 0 Å². The highest BCUT2D eigenvalue weighted by Crippen LogP contribution is 2.39. The summed E-state index contributed by atoms with van der Waals surface area (Å²) in [5.74, 6) is -1.61. The normalized spacial score (nSPS) is 21.9. The van der Waals surface area contributed by atoms with Gasteiger partial charge >= 0.3 is 12.8 Å². The average molecular weight is 683 g/mol. The van der Waals surface area contributed by atoms with Crippen LogP contribution >= 0.6 is 0 Å². The Kier molecular flexibility index (Phi) is 12.2. The third-order valence-electron chi connectivity index (χ3n) is 8.83. The number of hydrogen-bond donors (Lipinski definition) is 2. The van der Waals surface area contributed by atoms with Crippen molar-refractivity contribution in [2.75, 3.05) is 30.3 Å². The van der Waals surface area contributed by atoms with E-state index in [1.807, 2.05) is 17.2 Å². The molecule has 2 aliphatic rings. The molecule has 2 fully saturated rings. The van der Waals surface area contributed by atoms with Gasteiger partial charge in [-0.2, -0.15) is 27.2 Å². The number of alkyl halides is 5. The molecule has 8 nitrogen and oxygen atoms in total. The summed E-state index contributed by atoms with van der Waals surface area (Å²) in [4.78, 5) is 15.2. The second kappa shape index (κ2) is 15.9. The fourth-order valence-corrected chi connectivity index (χ4v) is 6.98. The number of ether oxygens (including phenoxy) is 1. The van der Waals surface area contributed by atoms with Crippen molar-refractivity contribution in [3.63, 3.8) is 0 Å². The van der Waals surface area contributed by atoms with E-state index in [2.05, 4.69) is 15.4 Å². The maximum absolute atomic E-state index is 13.1. The highest BCUT2D eigenvalue weighted by molar-refractivity contribution is 7.91. The predicted molar refractivity (Wildman–Crippen MR) is 166 cm³/mol. The van der Waals surface area contributed by atoms with E-state index in [1.165, 1.54) is 12.1 Å². The number of nitrogens with one attached hydrogen (secondary N) is 2. The number of carbonyl (C=O) groups excluding carboxylic acids is 1. The topological polar surface area (TPSA) is 112 Å². The first-order chi connectivity index (χ1) is 22.3. The van der Waals surface area contributed by atoms with Gasteiger partial charge in [-0.1, -0.05) is 19.1 Å². The molecule has 2 aromatic rings. The fourth-order valence-electron chi connectivity index (χ4n) is 6.09. The van der Waals surface area contributed by atoms with E-state index >= 15 is 0 Å². The van der Waals surface area contributed by atoms with Gasteiger partial charge in [0, 0.05) is 24.3 Å². The summed E-state index contributed by atoms with van der Waals surface area (Å²) in [7, 11) is -3.40. The molecule has 0 radical (unpaired) electrons. The van der Waals surface area contributed by atoms with E-state index < -0.39 is 46.5 Å². The summed E-state index contributed by atoms with van der Waals surface area (Å²) in [6.07, 6.45) is -0.711. The molecule has 1 aliphatic carbocycles. The highest BCUT2D eigenvalue weighted by Gasteiger charge is 2.41. The van der Waals surface area contributed by atoms with Crippen molar-refractivity contribution < 1.29 is 39.9 Å². The second-order valence-electron chi connectivity index (χ2n) is 12.0. The summed E-state index contributed by atoms with van der Waals surface area (Å²) < 4.78 is 93.6. The van der Waals surface area contributed by atoms with Crippen LogP contribution in [0.5, 0.6) is 0 Å². The number of nitriles is 1. The first-order valence-corrected chi connectivity index (χ1v) is 17.2. The summed E-state index contributed by atoms with van der Waals surface area (Å²) in [6, 6.07) is 13.6. The largest absolute Gasteiger partial charge is 0.391 e. The monoisotopic (exact) mass is 682 g/mol. The summed E-state index contributed by atoms with van der Waals surface area (Å²) in [5.41, 5.74) is 2.49. The lowest BCUT2D eigenvalue weighted by molar-refractivity contribution is -0.183. The van der Waals surface area contributed by atoms with Crippen LogP contribution in [0.2, 0.25) is 0 Å². The van der Waals surface area contributed by atoms with Gasteiger partial charge in [-0.25, -0.2) is 8.42 Å². The SMILES string of the molecule is CCS(=O)(=O)c1ccc([C@H](CC#N)NC(=O)c2ccc(N3C/C(=C\NC[C@H]4CC[C@H](C(F)(F)F)CC4)C[C@H]3COC(F)F)cc2)cc1. The van der Waals surface area contributed by atoms with Crippen molar-refractivity contribution in [1.82, 2.24) is 10.6 Å². The Morgan fingerprint density at radius 2 is 1.74 bits per heavy atom. The van der Waals surface area contributed by atoms with E-state index in [-0.39, 0.29) is 42.4 Å². The lowest BCUT2D eigenvalue weighted by Gasteiger charge is -2.29. The van der Waals surface area contributed by atoms with Crippen molar-refractivity contribution in [2.45, 2.75) is 75.2 Å². The molecule has 1 amide bonds. The van der Waals surface area contributed by atoms with Gasteiger partial charge < -0.3 is 20.3 Å². The maximum atomic E-state index is 13.1. The Hall–Kier alpha value is -3.70. The van der Waals surface area contributed by atoms with Crippen LogP contribution < -0.4 is 15.5 Å². The van der Waals surface area contributed by atoms with E-state index in [0.717, 1.165) is 5.57 Å². The van der Waals surface area contributed by atoms with Crippen LogP contribution in [0.4, 0.5) is 27.6 Å². The van der Waals surface area contributed by atoms with Crippen LogP contribution in [0.25, 0.3) is 0 Å². The summed E-state index contributed by atoms with van der Waals surface area (Å²) >= 11 is 0. The Bertz CT molecular complexity index is 1520. The molecule has 0 unspecified atom stereocenters. The smallest absolute Gasteiger partial charge is 0.391 e. The van der Waals surface area contributed by atoms with Crippen LogP contribution in [0.15, 0.2) is 65.2 Å². The molecular formula is C33H39F5N4O4S. The number of sulfone groups is 1. The van der Waals surface area contributed by atoms with E-state index in [1.54, 1.807) is 43.3 Å². The Labute approximate surface area is 271 Å². The zero-order valence-electron chi connectivity index (χ0n) is 26.0. The molecule has 47 heavy (non-hydrogen) atoms. The van der Waals surface area contributed by atoms with Crippen molar-refractivity contribution in [3.8, 4) is 6.07 Å². The number of rotatable bonds is 13. The molecule has 1 heterocycles. The molecule has 1 aliphatic heterocycles. The second-order valence-corrected chi connectivity index (χ2v) is 14.2. The average Bonchev–Trinajstić information content (AvgIpc) is 3.46. The van der Waals surface area contributed by atoms with E-state index in [0.29, 0.717) is 49.2 Å². The Morgan fingerprint density at radius 1 is 1.09 bits per heavy atom. The zero-order chi connectivity index (χ0) is 34.2. The molecule has 1 saturated carbocycles. The minimum absolute atomic E-state index is 0.0404. The van der Waals surface area contributed by atoms with Gasteiger partial charge in [-0.15, -0.1) is 0 Å². The quantitative estimate of drug-likeness (QED) is 0.231. The van der Waals surface area contributed by atoms with Gasteiger partial charge in [0.15, 0.2) is 9.84 Å². The van der Waals surface area contributed by atoms with Crippen molar-refractivity contribution in [3.05, 3.63) is 71.4 Å². The highest BCUT2D eigenvalue weighted by atomic mass is 32.2. The number of nitrogens with zero attached hydrogens (tertiary/aromatic N) is 2. The number of carbonyl (C=O) groups is 1. The number of hydrogen-bond acceptors (Lipinski definition) is 7. The van der Waals surface area contributed by atoms with E-state index in [9.17, 15) is 40.4 Å². The third-order valence-corrected chi connectivity index (χ3v) is 10.6. The van der Waals surface area contributed by atoms with Gasteiger partial charge in [0.05, 0.1) is 47.7 Å². The molecule has 0 bridgehead atoms. The number of benzene rings is 2. The lowest BCUT2D eigenvalue weighted by atomic mass is 9.81. The summed E-state index contributed by atoms with van der Waals surface area (Å²) in [5, 5.41) is 15.4. The fraction of sp³-hybridized carbons (Fsp3) is 0.515. The lowest BCUT2D eigenvalue weighted by Crippen LogP contribution is -2.34. The van der Waals surface area contributed by atoms with Gasteiger partial charge in [-0.05, 0) is 91.8 Å². The molecule has 4 rings (SSSR count). The van der Waals surface area contributed by atoms with Crippen LogP contribution in [0.3, 0.4) is 0 Å². The Balaban J connectivity index is 1.39. The van der Waals surface area contributed by atoms with Gasteiger partial charge in [0.2, 0.25) is 0 Å².